The summed E-state index contributed by atoms with van der Waals surface area (Å²) in [6.45, 7) is 3.83. The fourth-order valence-electron chi connectivity index (χ4n) is 2.11. The molecule has 5 heteroatoms. The smallest absolute Gasteiger partial charge is 0.251 e. The van der Waals surface area contributed by atoms with E-state index in [9.17, 15) is 4.79 Å². The van der Waals surface area contributed by atoms with Gasteiger partial charge in [0, 0.05) is 23.2 Å². The van der Waals surface area contributed by atoms with Crippen molar-refractivity contribution >= 4 is 29.9 Å². The highest BCUT2D eigenvalue weighted by molar-refractivity contribution is 6.31. The van der Waals surface area contributed by atoms with E-state index in [1.54, 1.807) is 6.07 Å². The minimum Gasteiger partial charge on any atom is -0.348 e. The van der Waals surface area contributed by atoms with Crippen molar-refractivity contribution in [2.24, 2.45) is 0 Å². The lowest BCUT2D eigenvalue weighted by atomic mass is 10.1. The molecule has 1 aliphatic rings. The molecule has 0 radical (unpaired) electrons. The fraction of sp³-hybridized carbons (Fsp3) is 0.462. The van der Waals surface area contributed by atoms with Gasteiger partial charge in [0.2, 0.25) is 0 Å². The average Bonchev–Trinajstić information content (AvgIpc) is 2.29. The summed E-state index contributed by atoms with van der Waals surface area (Å²) >= 11 is 5.94. The molecular formula is C13H18Cl2N2O. The largest absolute Gasteiger partial charge is 0.348 e. The van der Waals surface area contributed by atoms with Gasteiger partial charge in [0.15, 0.2) is 0 Å². The number of rotatable bonds is 2. The molecule has 0 aromatic heterocycles. The standard InChI is InChI=1S/C13H17ClN2O.ClH/c1-9-5-10(7-11(14)6-9)13(17)16-12-3-2-4-15-8-12;/h5-7,12,15H,2-4,8H2,1H3,(H,16,17);1H/t12-;/m0./s1. The molecule has 1 aromatic rings. The first kappa shape index (κ1) is 15.3. The highest BCUT2D eigenvalue weighted by Crippen LogP contribution is 2.15. The number of carbonyl (C=O) groups excluding carboxylic acids is 1. The van der Waals surface area contributed by atoms with E-state index >= 15 is 0 Å². The molecule has 1 heterocycles. The molecule has 0 spiro atoms. The van der Waals surface area contributed by atoms with Crippen LogP contribution in [-0.4, -0.2) is 25.0 Å². The number of hydrogen-bond donors (Lipinski definition) is 2. The fourth-order valence-corrected chi connectivity index (χ4v) is 2.40. The van der Waals surface area contributed by atoms with Crippen LogP contribution in [0, 0.1) is 6.92 Å². The number of aryl methyl sites for hydroxylation is 1. The number of nitrogens with one attached hydrogen (secondary N) is 2. The van der Waals surface area contributed by atoms with E-state index in [0.29, 0.717) is 10.6 Å². The molecule has 3 nitrogen and oxygen atoms in total. The van der Waals surface area contributed by atoms with Gasteiger partial charge < -0.3 is 10.6 Å². The van der Waals surface area contributed by atoms with Gasteiger partial charge in [-0.3, -0.25) is 4.79 Å². The minimum atomic E-state index is -0.0377. The van der Waals surface area contributed by atoms with Crippen molar-refractivity contribution in [2.75, 3.05) is 13.1 Å². The molecule has 1 aliphatic heterocycles. The molecule has 2 rings (SSSR count). The molecule has 100 valence electrons. The van der Waals surface area contributed by atoms with Crippen molar-refractivity contribution < 1.29 is 4.79 Å². The van der Waals surface area contributed by atoms with E-state index in [4.69, 9.17) is 11.6 Å². The molecule has 2 N–H and O–H groups in total. The maximum Gasteiger partial charge on any atom is 0.251 e. The zero-order chi connectivity index (χ0) is 12.3. The Morgan fingerprint density at radius 2 is 2.22 bits per heavy atom. The number of hydrogen-bond acceptors (Lipinski definition) is 2. The molecule has 0 unspecified atom stereocenters. The zero-order valence-corrected chi connectivity index (χ0v) is 11.9. The monoisotopic (exact) mass is 288 g/mol. The van der Waals surface area contributed by atoms with Crippen molar-refractivity contribution in [1.82, 2.24) is 10.6 Å². The molecule has 1 amide bonds. The summed E-state index contributed by atoms with van der Waals surface area (Å²) in [4.78, 5) is 12.0. The average molecular weight is 289 g/mol. The lowest BCUT2D eigenvalue weighted by Gasteiger charge is -2.23. The van der Waals surface area contributed by atoms with Crippen molar-refractivity contribution in [1.29, 1.82) is 0 Å². The first-order valence-electron chi connectivity index (χ1n) is 5.94. The minimum absolute atomic E-state index is 0. The Morgan fingerprint density at radius 3 is 2.83 bits per heavy atom. The van der Waals surface area contributed by atoms with E-state index < -0.39 is 0 Å². The second-order valence-electron chi connectivity index (χ2n) is 4.53. The van der Waals surface area contributed by atoms with Crippen LogP contribution in [0.4, 0.5) is 0 Å². The lowest BCUT2D eigenvalue weighted by molar-refractivity contribution is 0.0930. The summed E-state index contributed by atoms with van der Waals surface area (Å²) in [5.74, 6) is -0.0377. The molecule has 1 atom stereocenters. The maximum atomic E-state index is 12.0. The van der Waals surface area contributed by atoms with Crippen LogP contribution >= 0.6 is 24.0 Å². The van der Waals surface area contributed by atoms with Gasteiger partial charge in [-0.2, -0.15) is 0 Å². The molecule has 1 aromatic carbocycles. The van der Waals surface area contributed by atoms with E-state index in [1.165, 1.54) is 0 Å². The number of amides is 1. The third kappa shape index (κ3) is 4.16. The van der Waals surface area contributed by atoms with Crippen molar-refractivity contribution in [3.05, 3.63) is 34.3 Å². The predicted octanol–water partition coefficient (Wildman–Crippen LogP) is 2.55. The third-order valence-electron chi connectivity index (χ3n) is 2.94. The van der Waals surface area contributed by atoms with Crippen LogP contribution in [0.2, 0.25) is 5.02 Å². The second kappa shape index (κ2) is 6.98. The van der Waals surface area contributed by atoms with Gasteiger partial charge in [0.1, 0.15) is 0 Å². The van der Waals surface area contributed by atoms with Gasteiger partial charge >= 0.3 is 0 Å². The molecule has 0 aliphatic carbocycles. The van der Waals surface area contributed by atoms with Crippen LogP contribution in [0.3, 0.4) is 0 Å². The van der Waals surface area contributed by atoms with Gasteiger partial charge in [-0.15, -0.1) is 12.4 Å². The van der Waals surface area contributed by atoms with Crippen LogP contribution in [-0.2, 0) is 0 Å². The Kier molecular flexibility index (Phi) is 5.93. The summed E-state index contributed by atoms with van der Waals surface area (Å²) in [5, 5.41) is 6.91. The van der Waals surface area contributed by atoms with Crippen LogP contribution in [0.1, 0.15) is 28.8 Å². The van der Waals surface area contributed by atoms with Crippen molar-refractivity contribution in [2.45, 2.75) is 25.8 Å². The number of carbonyl (C=O) groups is 1. The first-order valence-corrected chi connectivity index (χ1v) is 6.32. The molecule has 18 heavy (non-hydrogen) atoms. The van der Waals surface area contributed by atoms with Crippen molar-refractivity contribution in [3.63, 3.8) is 0 Å². The van der Waals surface area contributed by atoms with Crippen LogP contribution < -0.4 is 10.6 Å². The Labute approximate surface area is 119 Å². The van der Waals surface area contributed by atoms with Gasteiger partial charge in [0.05, 0.1) is 0 Å². The van der Waals surface area contributed by atoms with Gasteiger partial charge in [-0.25, -0.2) is 0 Å². The molecule has 0 bridgehead atoms. The molecule has 1 fully saturated rings. The number of halogens is 2. The predicted molar refractivity (Wildman–Crippen MR) is 76.8 cm³/mol. The Bertz CT molecular complexity index is 397. The zero-order valence-electron chi connectivity index (χ0n) is 10.3. The van der Waals surface area contributed by atoms with E-state index in [1.807, 2.05) is 19.1 Å². The quantitative estimate of drug-likeness (QED) is 0.878. The first-order chi connectivity index (χ1) is 8.15. The summed E-state index contributed by atoms with van der Waals surface area (Å²) in [6.07, 6.45) is 2.15. The molecular weight excluding hydrogens is 271 g/mol. The Balaban J connectivity index is 0.00000162. The van der Waals surface area contributed by atoms with E-state index in [2.05, 4.69) is 10.6 Å². The number of benzene rings is 1. The summed E-state index contributed by atoms with van der Waals surface area (Å²) in [6, 6.07) is 5.65. The normalized spacial score (nSPS) is 18.9. The van der Waals surface area contributed by atoms with Crippen LogP contribution in [0.25, 0.3) is 0 Å². The maximum absolute atomic E-state index is 12.0. The van der Waals surface area contributed by atoms with Crippen LogP contribution in [0.15, 0.2) is 18.2 Å². The van der Waals surface area contributed by atoms with E-state index in [-0.39, 0.29) is 24.4 Å². The highest BCUT2D eigenvalue weighted by Gasteiger charge is 2.16. The van der Waals surface area contributed by atoms with Gasteiger partial charge in [-0.05, 0) is 50.1 Å². The van der Waals surface area contributed by atoms with Gasteiger partial charge in [-0.1, -0.05) is 11.6 Å². The van der Waals surface area contributed by atoms with Gasteiger partial charge in [0.25, 0.3) is 5.91 Å². The summed E-state index contributed by atoms with van der Waals surface area (Å²) < 4.78 is 0. The van der Waals surface area contributed by atoms with E-state index in [0.717, 1.165) is 31.5 Å². The molecule has 1 saturated heterocycles. The highest BCUT2D eigenvalue weighted by atomic mass is 35.5. The van der Waals surface area contributed by atoms with Crippen molar-refractivity contribution in [3.8, 4) is 0 Å². The Hall–Kier alpha value is -0.770. The lowest BCUT2D eigenvalue weighted by Crippen LogP contribution is -2.45. The summed E-state index contributed by atoms with van der Waals surface area (Å²) in [7, 11) is 0. The second-order valence-corrected chi connectivity index (χ2v) is 4.97. The summed E-state index contributed by atoms with van der Waals surface area (Å²) in [5.41, 5.74) is 1.64. The van der Waals surface area contributed by atoms with Crippen LogP contribution in [0.5, 0.6) is 0 Å². The third-order valence-corrected chi connectivity index (χ3v) is 3.15. The Morgan fingerprint density at radius 1 is 1.44 bits per heavy atom. The SMILES string of the molecule is Cc1cc(Cl)cc(C(=O)N[C@H]2CCCNC2)c1.Cl. The number of piperidine rings is 1. The topological polar surface area (TPSA) is 41.1 Å². The molecule has 0 saturated carbocycles.